The zero-order chi connectivity index (χ0) is 17.0. The Morgan fingerprint density at radius 3 is 2.35 bits per heavy atom. The molecule has 0 saturated carbocycles. The lowest BCUT2D eigenvalue weighted by Gasteiger charge is -2.10. The van der Waals surface area contributed by atoms with Crippen LogP contribution in [0.25, 0.3) is 6.08 Å². The highest BCUT2D eigenvalue weighted by molar-refractivity contribution is 6.33. The number of hydrogen-bond donors (Lipinski definition) is 1. The smallest absolute Gasteiger partial charge is 0.321 e. The van der Waals surface area contributed by atoms with Crippen LogP contribution in [0.2, 0.25) is 5.02 Å². The van der Waals surface area contributed by atoms with Crippen LogP contribution in [-0.2, 0) is 11.0 Å². The maximum absolute atomic E-state index is 12.7. The minimum atomic E-state index is -4.53. The van der Waals surface area contributed by atoms with Gasteiger partial charge in [0.1, 0.15) is 5.82 Å². The van der Waals surface area contributed by atoms with Gasteiger partial charge in [0.25, 0.3) is 0 Å². The fraction of sp³-hybridized carbons (Fsp3) is 0.0625. The van der Waals surface area contributed by atoms with Crippen molar-refractivity contribution < 1.29 is 22.4 Å². The Kier molecular flexibility index (Phi) is 5.05. The molecular weight excluding hydrogens is 334 g/mol. The number of benzene rings is 2. The van der Waals surface area contributed by atoms with Crippen LogP contribution in [0.3, 0.4) is 0 Å². The second kappa shape index (κ2) is 6.83. The Balaban J connectivity index is 2.12. The molecule has 0 aliphatic heterocycles. The number of carbonyl (C=O) groups is 1. The minimum absolute atomic E-state index is 0.0125. The van der Waals surface area contributed by atoms with Gasteiger partial charge >= 0.3 is 6.18 Å². The zero-order valence-corrected chi connectivity index (χ0v) is 12.3. The summed E-state index contributed by atoms with van der Waals surface area (Å²) in [5.41, 5.74) is -0.494. The summed E-state index contributed by atoms with van der Waals surface area (Å²) >= 11 is 5.78. The van der Waals surface area contributed by atoms with Gasteiger partial charge in [-0.15, -0.1) is 0 Å². The van der Waals surface area contributed by atoms with Crippen molar-refractivity contribution in [3.8, 4) is 0 Å². The molecule has 0 bridgehead atoms. The molecule has 1 amide bonds. The van der Waals surface area contributed by atoms with Crippen molar-refractivity contribution in [2.75, 3.05) is 5.32 Å². The van der Waals surface area contributed by atoms with E-state index in [1.165, 1.54) is 30.3 Å². The van der Waals surface area contributed by atoms with Gasteiger partial charge in [-0.3, -0.25) is 4.79 Å². The van der Waals surface area contributed by atoms with Gasteiger partial charge in [-0.25, -0.2) is 4.39 Å². The molecule has 1 N–H and O–H groups in total. The van der Waals surface area contributed by atoms with Crippen molar-refractivity contribution in [1.82, 2.24) is 0 Å². The van der Waals surface area contributed by atoms with E-state index in [1.54, 1.807) is 0 Å². The number of carbonyl (C=O) groups excluding carboxylic acids is 1. The third kappa shape index (κ3) is 4.82. The largest absolute Gasteiger partial charge is 0.416 e. The first-order valence-corrected chi connectivity index (χ1v) is 6.75. The molecule has 2 rings (SSSR count). The number of anilines is 1. The molecule has 2 aromatic rings. The second-order valence-corrected chi connectivity index (χ2v) is 4.97. The van der Waals surface area contributed by atoms with Gasteiger partial charge in [0.05, 0.1) is 16.3 Å². The standard InChI is InChI=1S/C16H10ClF4NO/c17-13-7-4-11(16(19,20)21)9-14(13)22-15(23)8-3-10-1-5-12(18)6-2-10/h1-9H,(H,22,23)/b8-3+. The highest BCUT2D eigenvalue weighted by atomic mass is 35.5. The predicted octanol–water partition coefficient (Wildman–Crippen LogP) is 5.15. The average molecular weight is 344 g/mol. The van der Waals surface area contributed by atoms with Crippen LogP contribution in [0.1, 0.15) is 11.1 Å². The lowest BCUT2D eigenvalue weighted by Crippen LogP contribution is -2.11. The summed E-state index contributed by atoms with van der Waals surface area (Å²) in [6, 6.07) is 8.00. The molecule has 0 saturated heterocycles. The quantitative estimate of drug-likeness (QED) is 0.606. The van der Waals surface area contributed by atoms with E-state index in [-0.39, 0.29) is 10.7 Å². The van der Waals surface area contributed by atoms with E-state index in [2.05, 4.69) is 5.32 Å². The molecular formula is C16H10ClF4NO. The second-order valence-electron chi connectivity index (χ2n) is 4.57. The summed E-state index contributed by atoms with van der Waals surface area (Å²) in [6.07, 6.45) is -2.02. The fourth-order valence-corrected chi connectivity index (χ4v) is 1.88. The van der Waals surface area contributed by atoms with Crippen molar-refractivity contribution in [2.24, 2.45) is 0 Å². The van der Waals surface area contributed by atoms with Crippen LogP contribution < -0.4 is 5.32 Å². The van der Waals surface area contributed by atoms with Crippen molar-refractivity contribution in [3.05, 3.63) is 70.5 Å². The Bertz CT molecular complexity index is 739. The van der Waals surface area contributed by atoms with E-state index in [9.17, 15) is 22.4 Å². The van der Waals surface area contributed by atoms with Crippen LogP contribution in [-0.4, -0.2) is 5.91 Å². The molecule has 0 aromatic heterocycles. The highest BCUT2D eigenvalue weighted by Gasteiger charge is 2.31. The maximum atomic E-state index is 12.7. The summed E-state index contributed by atoms with van der Waals surface area (Å²) in [4.78, 5) is 11.8. The first-order chi connectivity index (χ1) is 10.8. The minimum Gasteiger partial charge on any atom is -0.321 e. The summed E-state index contributed by atoms with van der Waals surface area (Å²) in [7, 11) is 0. The van der Waals surface area contributed by atoms with E-state index >= 15 is 0 Å². The van der Waals surface area contributed by atoms with Crippen LogP contribution in [0.5, 0.6) is 0 Å². The molecule has 0 atom stereocenters. The average Bonchev–Trinajstić information content (AvgIpc) is 2.48. The molecule has 0 unspecified atom stereocenters. The van der Waals surface area contributed by atoms with Crippen LogP contribution in [0, 0.1) is 5.82 Å². The van der Waals surface area contributed by atoms with E-state index in [0.717, 1.165) is 24.3 Å². The number of amides is 1. The molecule has 0 spiro atoms. The molecule has 0 fully saturated rings. The van der Waals surface area contributed by atoms with Gasteiger partial charge in [0, 0.05) is 6.08 Å². The van der Waals surface area contributed by atoms with Gasteiger partial charge in [-0.2, -0.15) is 13.2 Å². The molecule has 120 valence electrons. The number of nitrogens with one attached hydrogen (secondary N) is 1. The lowest BCUT2D eigenvalue weighted by molar-refractivity contribution is -0.137. The van der Waals surface area contributed by atoms with Crippen LogP contribution in [0.4, 0.5) is 23.2 Å². The van der Waals surface area contributed by atoms with Gasteiger partial charge in [0.2, 0.25) is 5.91 Å². The van der Waals surface area contributed by atoms with Crippen molar-refractivity contribution in [1.29, 1.82) is 0 Å². The van der Waals surface area contributed by atoms with E-state index in [0.29, 0.717) is 5.56 Å². The Morgan fingerprint density at radius 2 is 1.74 bits per heavy atom. The van der Waals surface area contributed by atoms with Crippen molar-refractivity contribution in [3.63, 3.8) is 0 Å². The Labute approximate surface area is 134 Å². The Hall–Kier alpha value is -2.34. The number of rotatable bonds is 3. The highest BCUT2D eigenvalue weighted by Crippen LogP contribution is 2.33. The van der Waals surface area contributed by atoms with Gasteiger partial charge < -0.3 is 5.32 Å². The number of hydrogen-bond acceptors (Lipinski definition) is 1. The number of alkyl halides is 3. The van der Waals surface area contributed by atoms with E-state index in [1.807, 2.05) is 0 Å². The van der Waals surface area contributed by atoms with Crippen LogP contribution >= 0.6 is 11.6 Å². The molecule has 7 heteroatoms. The molecule has 0 aliphatic carbocycles. The molecule has 0 heterocycles. The normalized spacial score (nSPS) is 11.7. The van der Waals surface area contributed by atoms with E-state index < -0.39 is 23.5 Å². The van der Waals surface area contributed by atoms with E-state index in [4.69, 9.17) is 11.6 Å². The molecule has 0 radical (unpaired) electrons. The van der Waals surface area contributed by atoms with Crippen molar-refractivity contribution in [2.45, 2.75) is 6.18 Å². The lowest BCUT2D eigenvalue weighted by atomic mass is 10.2. The third-order valence-electron chi connectivity index (χ3n) is 2.85. The van der Waals surface area contributed by atoms with Gasteiger partial charge in [0.15, 0.2) is 0 Å². The first-order valence-electron chi connectivity index (χ1n) is 6.37. The van der Waals surface area contributed by atoms with Gasteiger partial charge in [-0.05, 0) is 42.0 Å². The fourth-order valence-electron chi connectivity index (χ4n) is 1.72. The topological polar surface area (TPSA) is 29.1 Å². The number of halogens is 5. The van der Waals surface area contributed by atoms with Crippen LogP contribution in [0.15, 0.2) is 48.5 Å². The third-order valence-corrected chi connectivity index (χ3v) is 3.18. The predicted molar refractivity (Wildman–Crippen MR) is 80.5 cm³/mol. The summed E-state index contributed by atoms with van der Waals surface area (Å²) < 4.78 is 50.7. The first kappa shape index (κ1) is 17.0. The van der Waals surface area contributed by atoms with Crippen molar-refractivity contribution >= 4 is 29.3 Å². The SMILES string of the molecule is O=C(/C=C/c1ccc(F)cc1)Nc1cc(C(F)(F)F)ccc1Cl. The Morgan fingerprint density at radius 1 is 1.09 bits per heavy atom. The molecule has 2 nitrogen and oxygen atoms in total. The summed E-state index contributed by atoms with van der Waals surface area (Å²) in [5.74, 6) is -1.07. The summed E-state index contributed by atoms with van der Waals surface area (Å²) in [5, 5.41) is 2.26. The molecule has 2 aromatic carbocycles. The molecule has 23 heavy (non-hydrogen) atoms. The summed E-state index contributed by atoms with van der Waals surface area (Å²) in [6.45, 7) is 0. The molecule has 0 aliphatic rings. The maximum Gasteiger partial charge on any atom is 0.416 e. The van der Waals surface area contributed by atoms with Gasteiger partial charge in [-0.1, -0.05) is 23.7 Å². The zero-order valence-electron chi connectivity index (χ0n) is 11.5. The monoisotopic (exact) mass is 343 g/mol.